The molecule has 1 aliphatic rings. The van der Waals surface area contributed by atoms with Crippen molar-refractivity contribution in [3.63, 3.8) is 0 Å². The molecular formula is C17H27ClN4O4. The first-order valence-electron chi connectivity index (χ1n) is 8.33. The van der Waals surface area contributed by atoms with Crippen LogP contribution in [0.25, 0.3) is 0 Å². The number of hydrogen-bond acceptors (Lipinski definition) is 6. The Kier molecular flexibility index (Phi) is 7.80. The third-order valence-corrected chi connectivity index (χ3v) is 4.71. The number of rotatable bonds is 6. The number of carbonyl (C=O) groups excluding carboxylic acids is 1. The molecule has 1 aromatic carbocycles. The van der Waals surface area contributed by atoms with Gasteiger partial charge in [0.15, 0.2) is 0 Å². The van der Waals surface area contributed by atoms with Crippen LogP contribution in [0.5, 0.6) is 5.75 Å². The van der Waals surface area contributed by atoms with Gasteiger partial charge in [-0.25, -0.2) is 0 Å². The van der Waals surface area contributed by atoms with Crippen LogP contribution >= 0.6 is 12.4 Å². The first-order valence-corrected chi connectivity index (χ1v) is 8.33. The zero-order chi connectivity index (χ0) is 18.6. The van der Waals surface area contributed by atoms with Crippen molar-refractivity contribution >= 4 is 29.7 Å². The van der Waals surface area contributed by atoms with Crippen molar-refractivity contribution < 1.29 is 14.5 Å². The van der Waals surface area contributed by atoms with Gasteiger partial charge in [-0.1, -0.05) is 13.8 Å². The Morgan fingerprint density at radius 1 is 1.50 bits per heavy atom. The van der Waals surface area contributed by atoms with E-state index in [1.807, 2.05) is 0 Å². The fourth-order valence-corrected chi connectivity index (χ4v) is 3.06. The van der Waals surface area contributed by atoms with E-state index in [0.29, 0.717) is 24.4 Å². The van der Waals surface area contributed by atoms with E-state index in [1.165, 1.54) is 25.3 Å². The van der Waals surface area contributed by atoms with Crippen LogP contribution in [0.3, 0.4) is 0 Å². The summed E-state index contributed by atoms with van der Waals surface area (Å²) < 4.78 is 5.15. The molecule has 8 nitrogen and oxygen atoms in total. The van der Waals surface area contributed by atoms with Crippen molar-refractivity contribution in [2.24, 2.45) is 11.1 Å². The molecule has 0 saturated carbocycles. The zero-order valence-electron chi connectivity index (χ0n) is 15.4. The monoisotopic (exact) mass is 386 g/mol. The Bertz CT molecular complexity index is 654. The molecule has 1 fully saturated rings. The van der Waals surface area contributed by atoms with E-state index in [4.69, 9.17) is 10.5 Å². The second-order valence-electron chi connectivity index (χ2n) is 7.10. The summed E-state index contributed by atoms with van der Waals surface area (Å²) in [7, 11) is 1.45. The highest BCUT2D eigenvalue weighted by atomic mass is 35.5. The number of benzene rings is 1. The predicted molar refractivity (Wildman–Crippen MR) is 103 cm³/mol. The van der Waals surface area contributed by atoms with Crippen molar-refractivity contribution in [2.45, 2.75) is 32.7 Å². The number of nitrogens with one attached hydrogen (secondary N) is 1. The van der Waals surface area contributed by atoms with E-state index in [-0.39, 0.29) is 35.5 Å². The highest BCUT2D eigenvalue weighted by molar-refractivity contribution is 5.92. The second-order valence-corrected chi connectivity index (χ2v) is 7.10. The van der Waals surface area contributed by atoms with Gasteiger partial charge < -0.3 is 20.7 Å². The lowest BCUT2D eigenvalue weighted by atomic mass is 9.79. The topological polar surface area (TPSA) is 111 Å². The molecule has 9 heteroatoms. The molecule has 0 bridgehead atoms. The minimum atomic E-state index is -0.506. The molecule has 2 rings (SSSR count). The number of halogens is 1. The standard InChI is InChI=1S/C17H26N4O4.ClH/c1-17(2)11-20(8-6-15(17)18)9-7-16(22)19-13-10-12(21(23)24)4-5-14(13)25-3;/h4-5,10,15H,6-9,11,18H2,1-3H3,(H,19,22);1H. The summed E-state index contributed by atoms with van der Waals surface area (Å²) >= 11 is 0. The van der Waals surface area contributed by atoms with E-state index in [9.17, 15) is 14.9 Å². The van der Waals surface area contributed by atoms with Crippen LogP contribution in [0.4, 0.5) is 11.4 Å². The van der Waals surface area contributed by atoms with Gasteiger partial charge in [0.05, 0.1) is 17.7 Å². The zero-order valence-corrected chi connectivity index (χ0v) is 16.2. The molecule has 1 heterocycles. The lowest BCUT2D eigenvalue weighted by Gasteiger charge is -2.42. The fourth-order valence-electron chi connectivity index (χ4n) is 3.06. The first kappa shape index (κ1) is 22.1. The van der Waals surface area contributed by atoms with E-state index in [2.05, 4.69) is 24.1 Å². The van der Waals surface area contributed by atoms with Gasteiger partial charge in [-0.2, -0.15) is 0 Å². The third kappa shape index (κ3) is 5.55. The van der Waals surface area contributed by atoms with Gasteiger partial charge in [-0.15, -0.1) is 12.4 Å². The third-order valence-electron chi connectivity index (χ3n) is 4.71. The van der Waals surface area contributed by atoms with Crippen molar-refractivity contribution in [1.29, 1.82) is 0 Å². The quantitative estimate of drug-likeness (QED) is 0.573. The fraction of sp³-hybridized carbons (Fsp3) is 0.588. The van der Waals surface area contributed by atoms with Crippen LogP contribution in [0.2, 0.25) is 0 Å². The SMILES string of the molecule is COc1ccc([N+](=O)[O-])cc1NC(=O)CCN1CCC(N)C(C)(C)C1.Cl. The van der Waals surface area contributed by atoms with Crippen molar-refractivity contribution in [3.05, 3.63) is 28.3 Å². The van der Waals surface area contributed by atoms with Crippen LogP contribution in [0.1, 0.15) is 26.7 Å². The number of nitro groups is 1. The van der Waals surface area contributed by atoms with Gasteiger partial charge in [0.25, 0.3) is 5.69 Å². The van der Waals surface area contributed by atoms with Gasteiger partial charge in [0, 0.05) is 37.7 Å². The molecule has 1 atom stereocenters. The highest BCUT2D eigenvalue weighted by Crippen LogP contribution is 2.30. The summed E-state index contributed by atoms with van der Waals surface area (Å²) in [6, 6.07) is 4.29. The Balaban J connectivity index is 0.00000338. The van der Waals surface area contributed by atoms with Crippen LogP contribution in [-0.2, 0) is 4.79 Å². The van der Waals surface area contributed by atoms with E-state index < -0.39 is 4.92 Å². The first-order chi connectivity index (χ1) is 11.7. The van der Waals surface area contributed by atoms with E-state index in [1.54, 1.807) is 0 Å². The Morgan fingerprint density at radius 3 is 2.77 bits per heavy atom. The van der Waals surface area contributed by atoms with Crippen LogP contribution in [0.15, 0.2) is 18.2 Å². The average Bonchev–Trinajstić information content (AvgIpc) is 2.55. The minimum Gasteiger partial charge on any atom is -0.495 e. The molecular weight excluding hydrogens is 360 g/mol. The summed E-state index contributed by atoms with van der Waals surface area (Å²) in [5.41, 5.74) is 6.37. The van der Waals surface area contributed by atoms with Gasteiger partial charge in [0.1, 0.15) is 5.75 Å². The molecule has 0 aromatic heterocycles. The number of amides is 1. The number of ether oxygens (including phenoxy) is 1. The molecule has 0 radical (unpaired) electrons. The number of nitrogens with two attached hydrogens (primary N) is 1. The number of nitro benzene ring substituents is 1. The van der Waals surface area contributed by atoms with Gasteiger partial charge in [-0.05, 0) is 24.4 Å². The van der Waals surface area contributed by atoms with Crippen molar-refractivity contribution in [3.8, 4) is 5.75 Å². The minimum absolute atomic E-state index is 0. The largest absolute Gasteiger partial charge is 0.495 e. The molecule has 1 amide bonds. The number of methoxy groups -OCH3 is 1. The predicted octanol–water partition coefficient (Wildman–Crippen LogP) is 2.41. The average molecular weight is 387 g/mol. The summed E-state index contributed by atoms with van der Waals surface area (Å²) in [4.78, 5) is 24.9. The van der Waals surface area contributed by atoms with Gasteiger partial charge >= 0.3 is 0 Å². The summed E-state index contributed by atoms with van der Waals surface area (Å²) in [6.45, 7) is 6.62. The number of non-ortho nitro benzene ring substituents is 1. The molecule has 1 saturated heterocycles. The lowest BCUT2D eigenvalue weighted by molar-refractivity contribution is -0.384. The van der Waals surface area contributed by atoms with Crippen LogP contribution in [-0.4, -0.2) is 48.5 Å². The summed E-state index contributed by atoms with van der Waals surface area (Å²) in [6.07, 6.45) is 1.21. The van der Waals surface area contributed by atoms with Crippen LogP contribution in [0, 0.1) is 15.5 Å². The van der Waals surface area contributed by atoms with Gasteiger partial charge in [0.2, 0.25) is 5.91 Å². The summed E-state index contributed by atoms with van der Waals surface area (Å²) in [5.74, 6) is 0.190. The molecule has 0 spiro atoms. The maximum Gasteiger partial charge on any atom is 0.271 e. The second kappa shape index (κ2) is 9.16. The lowest BCUT2D eigenvalue weighted by Crippen LogP contribution is -2.52. The van der Waals surface area contributed by atoms with Crippen LogP contribution < -0.4 is 15.8 Å². The number of carbonyl (C=O) groups is 1. The Labute approximate surface area is 159 Å². The van der Waals surface area contributed by atoms with E-state index in [0.717, 1.165) is 19.5 Å². The number of likely N-dealkylation sites (tertiary alicyclic amines) is 1. The number of hydrogen-bond donors (Lipinski definition) is 2. The number of nitrogens with zero attached hydrogens (tertiary/aromatic N) is 2. The molecule has 1 aromatic rings. The highest BCUT2D eigenvalue weighted by Gasteiger charge is 2.33. The molecule has 3 N–H and O–H groups in total. The normalized spacial score (nSPS) is 19.3. The Morgan fingerprint density at radius 2 is 2.19 bits per heavy atom. The Hall–Kier alpha value is -1.90. The molecule has 26 heavy (non-hydrogen) atoms. The molecule has 1 unspecified atom stereocenters. The smallest absolute Gasteiger partial charge is 0.271 e. The maximum absolute atomic E-state index is 12.2. The summed E-state index contributed by atoms with van der Waals surface area (Å²) in [5, 5.41) is 13.6. The maximum atomic E-state index is 12.2. The number of anilines is 1. The molecule has 146 valence electrons. The number of piperidine rings is 1. The molecule has 1 aliphatic heterocycles. The molecule has 0 aliphatic carbocycles. The van der Waals surface area contributed by atoms with E-state index >= 15 is 0 Å². The van der Waals surface area contributed by atoms with Crippen molar-refractivity contribution in [1.82, 2.24) is 4.90 Å². The van der Waals surface area contributed by atoms with Gasteiger partial charge in [-0.3, -0.25) is 14.9 Å². The van der Waals surface area contributed by atoms with Crippen molar-refractivity contribution in [2.75, 3.05) is 32.1 Å².